The lowest BCUT2D eigenvalue weighted by Crippen LogP contribution is -2.20. The van der Waals surface area contributed by atoms with Crippen LogP contribution >= 0.6 is 0 Å². The minimum atomic E-state index is -0.244. The van der Waals surface area contributed by atoms with Gasteiger partial charge < -0.3 is 8.98 Å². The van der Waals surface area contributed by atoms with Crippen LogP contribution in [0.15, 0.2) is 99.4 Å². The second-order valence-electron chi connectivity index (χ2n) is 7.85. The molecule has 3 aromatic heterocycles. The van der Waals surface area contributed by atoms with Crippen molar-refractivity contribution in [3.8, 4) is 11.6 Å². The monoisotopic (exact) mass is 432 g/mol. The van der Waals surface area contributed by atoms with Crippen LogP contribution in [-0.4, -0.2) is 20.4 Å². The zero-order valence-corrected chi connectivity index (χ0v) is 18.0. The zero-order valence-electron chi connectivity index (χ0n) is 18.0. The molecule has 6 aromatic rings. The van der Waals surface area contributed by atoms with Gasteiger partial charge in [-0.2, -0.15) is 9.78 Å². The smallest absolute Gasteiger partial charge is 0.282 e. The number of aryl methyl sites for hydroxylation is 1. The highest BCUT2D eigenvalue weighted by Crippen LogP contribution is 2.27. The van der Waals surface area contributed by atoms with Crippen molar-refractivity contribution in [2.75, 3.05) is 0 Å². The van der Waals surface area contributed by atoms with Crippen LogP contribution in [-0.2, 0) is 6.54 Å². The van der Waals surface area contributed by atoms with Crippen molar-refractivity contribution in [1.82, 2.24) is 14.2 Å². The van der Waals surface area contributed by atoms with Gasteiger partial charge in [0.25, 0.3) is 5.56 Å². The standard InChI is InChI=1S/C27H20N4O2/c1-2-30-17-19(20-10-5-7-13-23(20)30)16-28-31-26(25-15-18-9-3-8-14-24(18)33-25)29-22-12-6-4-11-21(22)27(31)32/h3-17H,2H2,1H3. The van der Waals surface area contributed by atoms with Crippen LogP contribution in [0.3, 0.4) is 0 Å². The fourth-order valence-electron chi connectivity index (χ4n) is 4.24. The Morgan fingerprint density at radius 1 is 0.970 bits per heavy atom. The van der Waals surface area contributed by atoms with Gasteiger partial charge in [0.15, 0.2) is 5.76 Å². The molecule has 0 bridgehead atoms. The molecule has 3 aromatic carbocycles. The summed E-state index contributed by atoms with van der Waals surface area (Å²) in [4.78, 5) is 18.2. The number of rotatable bonds is 4. The quantitative estimate of drug-likeness (QED) is 0.337. The van der Waals surface area contributed by atoms with Gasteiger partial charge in [-0.15, -0.1) is 0 Å². The topological polar surface area (TPSA) is 65.3 Å². The summed E-state index contributed by atoms with van der Waals surface area (Å²) < 4.78 is 9.54. The van der Waals surface area contributed by atoms with E-state index < -0.39 is 0 Å². The lowest BCUT2D eigenvalue weighted by atomic mass is 10.2. The zero-order chi connectivity index (χ0) is 22.4. The molecule has 0 spiro atoms. The molecule has 0 saturated carbocycles. The summed E-state index contributed by atoms with van der Waals surface area (Å²) in [6.45, 7) is 2.95. The van der Waals surface area contributed by atoms with Crippen LogP contribution in [0.5, 0.6) is 0 Å². The summed E-state index contributed by atoms with van der Waals surface area (Å²) >= 11 is 0. The summed E-state index contributed by atoms with van der Waals surface area (Å²) in [6, 6.07) is 25.1. The first kappa shape index (κ1) is 19.3. The highest BCUT2D eigenvalue weighted by molar-refractivity contribution is 5.99. The normalized spacial score (nSPS) is 11.9. The Kier molecular flexibility index (Phi) is 4.43. The first-order valence-electron chi connectivity index (χ1n) is 10.9. The number of furan rings is 1. The predicted molar refractivity (Wildman–Crippen MR) is 132 cm³/mol. The maximum Gasteiger partial charge on any atom is 0.282 e. The molecule has 160 valence electrons. The van der Waals surface area contributed by atoms with E-state index in [1.165, 1.54) is 4.68 Å². The first-order chi connectivity index (χ1) is 16.2. The predicted octanol–water partition coefficient (Wildman–Crippen LogP) is 5.67. The van der Waals surface area contributed by atoms with Crippen LogP contribution in [0.25, 0.3) is 44.4 Å². The maximum absolute atomic E-state index is 13.4. The van der Waals surface area contributed by atoms with Gasteiger partial charge in [0, 0.05) is 34.6 Å². The third-order valence-corrected chi connectivity index (χ3v) is 5.87. The van der Waals surface area contributed by atoms with Crippen LogP contribution in [0, 0.1) is 0 Å². The van der Waals surface area contributed by atoms with Crippen molar-refractivity contribution in [2.45, 2.75) is 13.5 Å². The molecule has 0 saturated heterocycles. The molecule has 0 unspecified atom stereocenters. The highest BCUT2D eigenvalue weighted by atomic mass is 16.3. The van der Waals surface area contributed by atoms with Crippen LogP contribution in [0.2, 0.25) is 0 Å². The van der Waals surface area contributed by atoms with E-state index in [1.807, 2.05) is 60.7 Å². The Morgan fingerprint density at radius 2 is 1.73 bits per heavy atom. The molecule has 0 N–H and O–H groups in total. The lowest BCUT2D eigenvalue weighted by molar-refractivity contribution is 0.616. The Bertz CT molecular complexity index is 1700. The molecule has 0 aliphatic heterocycles. The maximum atomic E-state index is 13.4. The second kappa shape index (κ2) is 7.60. The van der Waals surface area contributed by atoms with E-state index in [1.54, 1.807) is 12.3 Å². The summed E-state index contributed by atoms with van der Waals surface area (Å²) in [5.74, 6) is 0.859. The summed E-state index contributed by atoms with van der Waals surface area (Å²) in [6.07, 6.45) is 3.77. The molecule has 0 radical (unpaired) electrons. The van der Waals surface area contributed by atoms with Crippen molar-refractivity contribution in [2.24, 2.45) is 5.10 Å². The number of aromatic nitrogens is 3. The largest absolute Gasteiger partial charge is 0.453 e. The summed E-state index contributed by atoms with van der Waals surface area (Å²) in [5.41, 5.74) is 3.15. The van der Waals surface area contributed by atoms with Gasteiger partial charge >= 0.3 is 0 Å². The van der Waals surface area contributed by atoms with Gasteiger partial charge in [-0.3, -0.25) is 4.79 Å². The number of hydrogen-bond acceptors (Lipinski definition) is 4. The van der Waals surface area contributed by atoms with Crippen LogP contribution < -0.4 is 5.56 Å². The highest BCUT2D eigenvalue weighted by Gasteiger charge is 2.16. The molecule has 0 aliphatic rings. The van der Waals surface area contributed by atoms with Crippen molar-refractivity contribution >= 4 is 39.0 Å². The Hall–Kier alpha value is -4.45. The number of nitrogens with zero attached hydrogens (tertiary/aromatic N) is 4. The van der Waals surface area contributed by atoms with Crippen molar-refractivity contribution < 1.29 is 4.42 Å². The molecule has 0 atom stereocenters. The van der Waals surface area contributed by atoms with E-state index in [4.69, 9.17) is 9.40 Å². The first-order valence-corrected chi connectivity index (χ1v) is 10.9. The molecular formula is C27H20N4O2. The number of benzene rings is 3. The minimum Gasteiger partial charge on any atom is -0.453 e. The van der Waals surface area contributed by atoms with Crippen molar-refractivity contribution in [3.63, 3.8) is 0 Å². The molecule has 0 aliphatic carbocycles. The van der Waals surface area contributed by atoms with E-state index in [0.29, 0.717) is 22.5 Å². The third-order valence-electron chi connectivity index (χ3n) is 5.87. The molecule has 6 heteroatoms. The Labute approximate surface area is 189 Å². The van der Waals surface area contributed by atoms with Gasteiger partial charge in [0.05, 0.1) is 17.1 Å². The van der Waals surface area contributed by atoms with E-state index in [9.17, 15) is 4.79 Å². The molecule has 6 nitrogen and oxygen atoms in total. The Balaban J connectivity index is 1.58. The minimum absolute atomic E-state index is 0.244. The Morgan fingerprint density at radius 3 is 2.58 bits per heavy atom. The van der Waals surface area contributed by atoms with Crippen molar-refractivity contribution in [1.29, 1.82) is 0 Å². The van der Waals surface area contributed by atoms with Crippen LogP contribution in [0.4, 0.5) is 0 Å². The van der Waals surface area contributed by atoms with Crippen molar-refractivity contribution in [3.05, 3.63) is 101 Å². The third kappa shape index (κ3) is 3.15. The van der Waals surface area contributed by atoms with Gasteiger partial charge in [-0.25, -0.2) is 4.98 Å². The molecule has 33 heavy (non-hydrogen) atoms. The van der Waals surface area contributed by atoms with Crippen LogP contribution in [0.1, 0.15) is 12.5 Å². The fraction of sp³-hybridized carbons (Fsp3) is 0.0741. The number of para-hydroxylation sites is 3. The van der Waals surface area contributed by atoms with E-state index in [-0.39, 0.29) is 5.56 Å². The lowest BCUT2D eigenvalue weighted by Gasteiger charge is -2.07. The summed E-state index contributed by atoms with van der Waals surface area (Å²) in [5, 5.41) is 7.14. The second-order valence-corrected chi connectivity index (χ2v) is 7.85. The number of hydrogen-bond donors (Lipinski definition) is 0. The van der Waals surface area contributed by atoms with E-state index in [2.05, 4.69) is 34.9 Å². The van der Waals surface area contributed by atoms with E-state index >= 15 is 0 Å². The average molecular weight is 432 g/mol. The summed E-state index contributed by atoms with van der Waals surface area (Å²) in [7, 11) is 0. The molecule has 3 heterocycles. The molecule has 0 amide bonds. The van der Waals surface area contributed by atoms with Gasteiger partial charge in [-0.1, -0.05) is 48.5 Å². The molecule has 6 rings (SSSR count). The van der Waals surface area contributed by atoms with Gasteiger partial charge in [0.2, 0.25) is 5.82 Å². The molecule has 0 fully saturated rings. The number of fused-ring (bicyclic) bond motifs is 3. The van der Waals surface area contributed by atoms with E-state index in [0.717, 1.165) is 34.0 Å². The fourth-order valence-corrected chi connectivity index (χ4v) is 4.24. The average Bonchev–Trinajstić information content (AvgIpc) is 3.45. The molecular weight excluding hydrogens is 412 g/mol. The van der Waals surface area contributed by atoms with Gasteiger partial charge in [-0.05, 0) is 37.3 Å². The van der Waals surface area contributed by atoms with Gasteiger partial charge in [0.1, 0.15) is 5.58 Å². The SMILES string of the molecule is CCn1cc(C=Nn2c(-c3cc4ccccc4o3)nc3ccccc3c2=O)c2ccccc21.